The fourth-order valence-corrected chi connectivity index (χ4v) is 30.6. The first-order valence-electron chi connectivity index (χ1n) is 12.5. The summed E-state index contributed by atoms with van der Waals surface area (Å²) in [4.78, 5) is 4.17. The molecule has 31 heavy (non-hydrogen) atoms. The van der Waals surface area contributed by atoms with Crippen LogP contribution in [0.4, 0.5) is 0 Å². The van der Waals surface area contributed by atoms with E-state index in [1.807, 2.05) is 0 Å². The van der Waals surface area contributed by atoms with E-state index in [2.05, 4.69) is 96.5 Å². The predicted molar refractivity (Wildman–Crippen MR) is 145 cm³/mol. The van der Waals surface area contributed by atoms with Crippen molar-refractivity contribution in [3.05, 3.63) is 81.4 Å². The van der Waals surface area contributed by atoms with Crippen molar-refractivity contribution < 1.29 is 0 Å². The van der Waals surface area contributed by atoms with Gasteiger partial charge in [-0.05, 0) is 22.3 Å². The Labute approximate surface area is 192 Å². The zero-order valence-corrected chi connectivity index (χ0v) is 22.9. The third-order valence-electron chi connectivity index (χ3n) is 8.50. The Balaban J connectivity index is 1.94. The summed E-state index contributed by atoms with van der Waals surface area (Å²) in [7, 11) is -4.59. The summed E-state index contributed by atoms with van der Waals surface area (Å²) in [6, 6.07) is 29.2. The third kappa shape index (κ3) is 3.44. The molecule has 0 nitrogen and oxygen atoms in total. The fraction of sp³-hybridized carbons (Fsp3) is 0.429. The van der Waals surface area contributed by atoms with E-state index in [1.165, 1.54) is 61.0 Å². The summed E-state index contributed by atoms with van der Waals surface area (Å²) in [5.41, 5.74) is 6.48. The van der Waals surface area contributed by atoms with E-state index in [0.717, 1.165) is 0 Å². The second kappa shape index (κ2) is 7.86. The molecule has 5 rings (SSSR count). The van der Waals surface area contributed by atoms with Gasteiger partial charge in [-0.3, -0.25) is 0 Å². The van der Waals surface area contributed by atoms with Gasteiger partial charge < -0.3 is 0 Å². The topological polar surface area (TPSA) is 0 Å². The molecule has 0 atom stereocenters. The van der Waals surface area contributed by atoms with Crippen molar-refractivity contribution in [2.75, 3.05) is 0 Å². The second-order valence-corrected chi connectivity index (χ2v) is 26.2. The van der Waals surface area contributed by atoms with Crippen LogP contribution in [0.3, 0.4) is 0 Å². The third-order valence-corrected chi connectivity index (χ3v) is 26.7. The highest BCUT2D eigenvalue weighted by molar-refractivity contribution is 7.21. The van der Waals surface area contributed by atoms with Crippen LogP contribution >= 0.6 is 0 Å². The van der Waals surface area contributed by atoms with Crippen LogP contribution in [-0.2, 0) is 0 Å². The van der Waals surface area contributed by atoms with E-state index in [0.29, 0.717) is 0 Å². The average Bonchev–Trinajstić information content (AvgIpc) is 2.93. The average molecular weight is 459 g/mol. The standard InChI is InChI=1S/C28H38Si3/c1-29(2)19-11-13-21-31-22-14-12-20-30(3,4)28(31)26(24-17-9-6-10-18-24)25(27(29)31)23-15-7-5-8-16-23/h5-10,15-18H,11-14,19-22H2,1-4H3. The molecule has 0 radical (unpaired) electrons. The number of allylic oxidation sites excluding steroid dienone is 2. The van der Waals surface area contributed by atoms with Crippen molar-refractivity contribution in [3.8, 4) is 0 Å². The van der Waals surface area contributed by atoms with E-state index < -0.39 is 24.2 Å². The normalized spacial score (nSPS) is 24.3. The molecule has 0 bridgehead atoms. The van der Waals surface area contributed by atoms with Crippen molar-refractivity contribution in [2.24, 2.45) is 0 Å². The summed E-state index contributed by atoms with van der Waals surface area (Å²) in [6.07, 6.45) is 5.89. The summed E-state index contributed by atoms with van der Waals surface area (Å²) in [5, 5.41) is 0. The highest BCUT2D eigenvalue weighted by Gasteiger charge is 2.58. The van der Waals surface area contributed by atoms with E-state index in [4.69, 9.17) is 0 Å². The van der Waals surface area contributed by atoms with Crippen LogP contribution in [0, 0.1) is 0 Å². The molecule has 1 spiro atoms. The van der Waals surface area contributed by atoms with Gasteiger partial charge >= 0.3 is 0 Å². The van der Waals surface area contributed by atoms with Crippen molar-refractivity contribution in [3.63, 3.8) is 0 Å². The van der Waals surface area contributed by atoms with Crippen LogP contribution in [-0.4, -0.2) is 24.2 Å². The molecule has 3 heteroatoms. The van der Waals surface area contributed by atoms with Gasteiger partial charge in [0.15, 0.2) is 0 Å². The Morgan fingerprint density at radius 3 is 1.23 bits per heavy atom. The molecule has 2 saturated heterocycles. The van der Waals surface area contributed by atoms with Crippen LogP contribution in [0.1, 0.15) is 36.8 Å². The van der Waals surface area contributed by atoms with Gasteiger partial charge in [-0.1, -0.05) is 146 Å². The lowest BCUT2D eigenvalue weighted by atomic mass is 9.95. The van der Waals surface area contributed by atoms with Gasteiger partial charge in [0.05, 0.1) is 16.1 Å². The maximum Gasteiger partial charge on any atom is 0.102 e. The lowest BCUT2D eigenvalue weighted by Gasteiger charge is -2.42. The fourth-order valence-electron chi connectivity index (χ4n) is 7.48. The minimum Gasteiger partial charge on any atom is -0.0782 e. The van der Waals surface area contributed by atoms with Gasteiger partial charge in [-0.2, -0.15) is 0 Å². The molecule has 3 aliphatic heterocycles. The van der Waals surface area contributed by atoms with Gasteiger partial charge in [-0.15, -0.1) is 0 Å². The SMILES string of the molecule is C[Si]1(C)CCCC[Si]23CCCC[Si](C)(C)C2=C(c2ccccc2)C(c2ccccc2)=C13. The molecule has 0 saturated carbocycles. The van der Waals surface area contributed by atoms with Gasteiger partial charge in [0.2, 0.25) is 0 Å². The molecule has 0 unspecified atom stereocenters. The molecule has 162 valence electrons. The van der Waals surface area contributed by atoms with Crippen LogP contribution < -0.4 is 0 Å². The molecule has 0 aromatic heterocycles. The molecule has 2 aromatic rings. The number of benzene rings is 2. The number of hydrogen-bond donors (Lipinski definition) is 0. The summed E-state index contributed by atoms with van der Waals surface area (Å²) >= 11 is 0. The smallest absolute Gasteiger partial charge is 0.0782 e. The van der Waals surface area contributed by atoms with Gasteiger partial charge in [-0.25, -0.2) is 0 Å². The molecule has 3 heterocycles. The monoisotopic (exact) mass is 458 g/mol. The highest BCUT2D eigenvalue weighted by Crippen LogP contribution is 2.60. The maximum atomic E-state index is 2.73. The summed E-state index contributed by atoms with van der Waals surface area (Å²) < 4.78 is 0. The molecule has 0 N–H and O–H groups in total. The van der Waals surface area contributed by atoms with Crippen molar-refractivity contribution in [1.29, 1.82) is 0 Å². The Bertz CT molecular complexity index is 943. The predicted octanol–water partition coefficient (Wildman–Crippen LogP) is 8.52. The molecule has 3 aliphatic rings. The lowest BCUT2D eigenvalue weighted by molar-refractivity contribution is 0.839. The largest absolute Gasteiger partial charge is 0.102 e. The van der Waals surface area contributed by atoms with Gasteiger partial charge in [0.1, 0.15) is 8.07 Å². The molecular weight excluding hydrogens is 421 g/mol. The highest BCUT2D eigenvalue weighted by atomic mass is 28.4. The first-order valence-corrected chi connectivity index (χ1v) is 21.3. The Morgan fingerprint density at radius 2 is 0.839 bits per heavy atom. The lowest BCUT2D eigenvalue weighted by Crippen LogP contribution is -2.52. The minimum absolute atomic E-state index is 1.47. The molecule has 0 aliphatic carbocycles. The van der Waals surface area contributed by atoms with Crippen LogP contribution in [0.2, 0.25) is 50.4 Å². The molecule has 2 aromatic carbocycles. The van der Waals surface area contributed by atoms with Crippen molar-refractivity contribution in [1.82, 2.24) is 0 Å². The van der Waals surface area contributed by atoms with E-state index in [1.54, 1.807) is 11.1 Å². The summed E-state index contributed by atoms with van der Waals surface area (Å²) in [6.45, 7) is 10.9. The van der Waals surface area contributed by atoms with E-state index >= 15 is 0 Å². The first kappa shape index (κ1) is 21.4. The van der Waals surface area contributed by atoms with E-state index in [-0.39, 0.29) is 0 Å². The summed E-state index contributed by atoms with van der Waals surface area (Å²) in [5.74, 6) is 0. The van der Waals surface area contributed by atoms with Gasteiger partial charge in [0.25, 0.3) is 0 Å². The first-order chi connectivity index (χ1) is 14.9. The van der Waals surface area contributed by atoms with Gasteiger partial charge in [0, 0.05) is 0 Å². The number of hydrogen-bond acceptors (Lipinski definition) is 0. The Morgan fingerprint density at radius 1 is 0.484 bits per heavy atom. The van der Waals surface area contributed by atoms with Crippen molar-refractivity contribution in [2.45, 2.75) is 76.0 Å². The Kier molecular flexibility index (Phi) is 5.43. The molecular formula is C28H38Si3. The quantitative estimate of drug-likeness (QED) is 0.395. The van der Waals surface area contributed by atoms with Crippen molar-refractivity contribution >= 4 is 35.4 Å². The van der Waals surface area contributed by atoms with E-state index in [9.17, 15) is 0 Å². The molecule has 0 amide bonds. The molecule has 2 fully saturated rings. The zero-order valence-electron chi connectivity index (χ0n) is 19.9. The minimum atomic E-state index is -1.65. The van der Waals surface area contributed by atoms with Crippen LogP contribution in [0.5, 0.6) is 0 Å². The zero-order chi connectivity index (χ0) is 21.7. The van der Waals surface area contributed by atoms with Crippen LogP contribution in [0.25, 0.3) is 11.1 Å². The second-order valence-electron chi connectivity index (χ2n) is 11.5. The Hall–Kier alpha value is -1.43. The maximum absolute atomic E-state index is 2.73. The number of rotatable bonds is 2. The van der Waals surface area contributed by atoms with Crippen LogP contribution in [0.15, 0.2) is 70.3 Å².